The molecule has 0 unspecified atom stereocenters. The van der Waals surface area contributed by atoms with Crippen LogP contribution in [0, 0.1) is 5.92 Å². The molecule has 2 aromatic rings. The summed E-state index contributed by atoms with van der Waals surface area (Å²) in [6.45, 7) is 4.02. The first kappa shape index (κ1) is 19.1. The average Bonchev–Trinajstić information content (AvgIpc) is 2.91. The van der Waals surface area contributed by atoms with Crippen LogP contribution in [0.5, 0.6) is 0 Å². The molecule has 0 N–H and O–H groups in total. The van der Waals surface area contributed by atoms with Crippen molar-refractivity contribution in [2.24, 2.45) is 5.92 Å². The van der Waals surface area contributed by atoms with Gasteiger partial charge < -0.3 is 4.42 Å². The van der Waals surface area contributed by atoms with Crippen molar-refractivity contribution in [2.75, 3.05) is 18.1 Å². The molecule has 1 atom stereocenters. The van der Waals surface area contributed by atoms with Crippen LogP contribution in [0.1, 0.15) is 20.3 Å². The molecule has 142 valence electrons. The quantitative estimate of drug-likeness (QED) is 0.708. The SMILES string of the molecule is CC(C)CN([C@H]1CCS(=O)(=O)C1)S(=O)(=O)c1ccc2oc(=O)ccc2c1. The molecular weight excluding hydrogens is 378 g/mol. The van der Waals surface area contributed by atoms with Crippen molar-refractivity contribution < 1.29 is 21.3 Å². The molecule has 0 radical (unpaired) electrons. The number of nitrogens with zero attached hydrogens (tertiary/aromatic N) is 1. The van der Waals surface area contributed by atoms with Crippen molar-refractivity contribution in [3.63, 3.8) is 0 Å². The first-order valence-electron chi connectivity index (χ1n) is 8.35. The number of sulfone groups is 1. The van der Waals surface area contributed by atoms with Gasteiger partial charge in [0.25, 0.3) is 0 Å². The monoisotopic (exact) mass is 399 g/mol. The van der Waals surface area contributed by atoms with Gasteiger partial charge in [-0.3, -0.25) is 0 Å². The van der Waals surface area contributed by atoms with Crippen LogP contribution in [0.2, 0.25) is 0 Å². The molecule has 1 aliphatic rings. The van der Waals surface area contributed by atoms with Gasteiger partial charge in [0.15, 0.2) is 9.84 Å². The molecule has 0 amide bonds. The lowest BCUT2D eigenvalue weighted by Gasteiger charge is -2.29. The van der Waals surface area contributed by atoms with E-state index in [0.717, 1.165) is 0 Å². The van der Waals surface area contributed by atoms with E-state index < -0.39 is 31.5 Å². The molecule has 3 rings (SSSR count). The van der Waals surface area contributed by atoms with Crippen molar-refractivity contribution >= 4 is 30.8 Å². The van der Waals surface area contributed by atoms with Crippen molar-refractivity contribution in [3.8, 4) is 0 Å². The third-order valence-corrected chi connectivity index (χ3v) is 8.02. The van der Waals surface area contributed by atoms with Gasteiger partial charge in [-0.05, 0) is 36.6 Å². The lowest BCUT2D eigenvalue weighted by Crippen LogP contribution is -2.43. The summed E-state index contributed by atoms with van der Waals surface area (Å²) in [4.78, 5) is 11.3. The van der Waals surface area contributed by atoms with Gasteiger partial charge in [-0.1, -0.05) is 13.8 Å². The van der Waals surface area contributed by atoms with E-state index in [1.165, 1.54) is 34.6 Å². The van der Waals surface area contributed by atoms with E-state index in [9.17, 15) is 21.6 Å². The number of rotatable bonds is 5. The number of hydrogen-bond acceptors (Lipinski definition) is 6. The van der Waals surface area contributed by atoms with E-state index >= 15 is 0 Å². The van der Waals surface area contributed by atoms with Crippen LogP contribution in [-0.4, -0.2) is 45.2 Å². The van der Waals surface area contributed by atoms with Crippen LogP contribution < -0.4 is 5.63 Å². The zero-order chi connectivity index (χ0) is 19.1. The number of hydrogen-bond donors (Lipinski definition) is 0. The van der Waals surface area contributed by atoms with Gasteiger partial charge in [0, 0.05) is 24.0 Å². The van der Waals surface area contributed by atoms with Gasteiger partial charge in [-0.2, -0.15) is 4.31 Å². The molecule has 1 saturated heterocycles. The first-order valence-corrected chi connectivity index (χ1v) is 11.6. The van der Waals surface area contributed by atoms with Gasteiger partial charge in [0.2, 0.25) is 10.0 Å². The van der Waals surface area contributed by atoms with Gasteiger partial charge in [-0.15, -0.1) is 0 Å². The molecule has 1 aromatic heterocycles. The molecule has 0 aliphatic carbocycles. The second-order valence-electron chi connectivity index (χ2n) is 6.98. The highest BCUT2D eigenvalue weighted by molar-refractivity contribution is 7.92. The molecule has 9 heteroatoms. The fraction of sp³-hybridized carbons (Fsp3) is 0.471. The summed E-state index contributed by atoms with van der Waals surface area (Å²) in [6, 6.07) is 6.46. The highest BCUT2D eigenvalue weighted by Crippen LogP contribution is 2.27. The van der Waals surface area contributed by atoms with Gasteiger partial charge in [-0.25, -0.2) is 21.6 Å². The smallest absolute Gasteiger partial charge is 0.336 e. The Morgan fingerprint density at radius 1 is 1.23 bits per heavy atom. The lowest BCUT2D eigenvalue weighted by atomic mass is 10.2. The summed E-state index contributed by atoms with van der Waals surface area (Å²) >= 11 is 0. The van der Waals surface area contributed by atoms with Gasteiger partial charge in [0.1, 0.15) is 5.58 Å². The molecular formula is C17H21NO6S2. The fourth-order valence-electron chi connectivity index (χ4n) is 3.15. The average molecular weight is 399 g/mol. The summed E-state index contributed by atoms with van der Waals surface area (Å²) in [7, 11) is -7.10. The van der Waals surface area contributed by atoms with Crippen LogP contribution in [-0.2, 0) is 19.9 Å². The fourth-order valence-corrected chi connectivity index (χ4v) is 6.83. The minimum atomic E-state index is -3.88. The molecule has 7 nitrogen and oxygen atoms in total. The number of benzene rings is 1. The van der Waals surface area contributed by atoms with E-state index in [1.54, 1.807) is 0 Å². The zero-order valence-electron chi connectivity index (χ0n) is 14.6. The third-order valence-electron chi connectivity index (χ3n) is 4.36. The molecule has 0 bridgehead atoms. The second kappa shape index (κ2) is 6.79. The maximum atomic E-state index is 13.2. The molecule has 1 fully saturated rings. The number of fused-ring (bicyclic) bond motifs is 1. The van der Waals surface area contributed by atoms with Crippen molar-refractivity contribution in [2.45, 2.75) is 31.2 Å². The Labute approximate surface area is 152 Å². The maximum Gasteiger partial charge on any atom is 0.336 e. The van der Waals surface area contributed by atoms with Crippen LogP contribution in [0.3, 0.4) is 0 Å². The Balaban J connectivity index is 2.04. The summed E-state index contributed by atoms with van der Waals surface area (Å²) in [6.07, 6.45) is 0.302. The second-order valence-corrected chi connectivity index (χ2v) is 11.1. The van der Waals surface area contributed by atoms with E-state index in [1.807, 2.05) is 13.8 Å². The topological polar surface area (TPSA) is 102 Å². The van der Waals surface area contributed by atoms with E-state index in [0.29, 0.717) is 17.4 Å². The van der Waals surface area contributed by atoms with Crippen LogP contribution >= 0.6 is 0 Å². The Morgan fingerprint density at radius 3 is 2.58 bits per heavy atom. The lowest BCUT2D eigenvalue weighted by molar-refractivity contribution is 0.308. The zero-order valence-corrected chi connectivity index (χ0v) is 16.2. The minimum absolute atomic E-state index is 0.00462. The molecule has 2 heterocycles. The summed E-state index contributed by atoms with van der Waals surface area (Å²) in [5.41, 5.74) is -0.207. The minimum Gasteiger partial charge on any atom is -0.423 e. The van der Waals surface area contributed by atoms with Crippen molar-refractivity contribution in [1.82, 2.24) is 4.31 Å². The van der Waals surface area contributed by atoms with Gasteiger partial charge in [0.05, 0.1) is 16.4 Å². The highest BCUT2D eigenvalue weighted by atomic mass is 32.2. The Kier molecular flexibility index (Phi) is 4.98. The third kappa shape index (κ3) is 3.84. The van der Waals surface area contributed by atoms with Gasteiger partial charge >= 0.3 is 5.63 Å². The van der Waals surface area contributed by atoms with Crippen LogP contribution in [0.15, 0.2) is 44.4 Å². The normalized spacial score (nSPS) is 20.2. The summed E-state index contributed by atoms with van der Waals surface area (Å²) in [5.74, 6) is -0.0990. The molecule has 26 heavy (non-hydrogen) atoms. The summed E-state index contributed by atoms with van der Waals surface area (Å²) in [5, 5.41) is 0.495. The van der Waals surface area contributed by atoms with Crippen molar-refractivity contribution in [1.29, 1.82) is 0 Å². The van der Waals surface area contributed by atoms with E-state index in [4.69, 9.17) is 4.42 Å². The molecule has 1 aromatic carbocycles. The van der Waals surface area contributed by atoms with Crippen LogP contribution in [0.25, 0.3) is 11.0 Å². The largest absolute Gasteiger partial charge is 0.423 e. The number of sulfonamides is 1. The summed E-state index contributed by atoms with van der Waals surface area (Å²) < 4.78 is 56.5. The Hall–Kier alpha value is -1.71. The first-order chi connectivity index (χ1) is 12.1. The predicted octanol–water partition coefficient (Wildman–Crippen LogP) is 1.63. The van der Waals surface area contributed by atoms with E-state index in [2.05, 4.69) is 0 Å². The Bertz CT molecular complexity index is 1090. The maximum absolute atomic E-state index is 13.2. The molecule has 0 spiro atoms. The molecule has 0 saturated carbocycles. The van der Waals surface area contributed by atoms with Crippen molar-refractivity contribution in [3.05, 3.63) is 40.8 Å². The standard InChI is InChI=1S/C17H21NO6S2/c1-12(2)10-18(14-7-8-25(20,21)11-14)26(22,23)15-4-5-16-13(9-15)3-6-17(19)24-16/h3-6,9,12,14H,7-8,10-11H2,1-2H3/t14-/m0/s1. The highest BCUT2D eigenvalue weighted by Gasteiger charge is 2.39. The molecule has 1 aliphatic heterocycles. The van der Waals surface area contributed by atoms with E-state index in [-0.39, 0.29) is 28.9 Å². The Morgan fingerprint density at radius 2 is 1.96 bits per heavy atom. The van der Waals surface area contributed by atoms with Crippen LogP contribution in [0.4, 0.5) is 0 Å². The predicted molar refractivity (Wildman–Crippen MR) is 98.3 cm³/mol.